The van der Waals surface area contributed by atoms with Crippen LogP contribution in [0.3, 0.4) is 0 Å². The Balaban J connectivity index is 2.59. The lowest BCUT2D eigenvalue weighted by molar-refractivity contribution is 0.474. The molecule has 0 amide bonds. The van der Waals surface area contributed by atoms with Crippen LogP contribution in [0.4, 0.5) is 8.78 Å². The van der Waals surface area contributed by atoms with Crippen LogP contribution in [0.1, 0.15) is 24.5 Å². The Morgan fingerprint density at radius 1 is 1.22 bits per heavy atom. The van der Waals surface area contributed by atoms with E-state index >= 15 is 0 Å². The van der Waals surface area contributed by atoms with Crippen LogP contribution in [-0.2, 0) is 5.54 Å². The van der Waals surface area contributed by atoms with Crippen LogP contribution in [0.2, 0.25) is 0 Å². The predicted octanol–water partition coefficient (Wildman–Crippen LogP) is 2.97. The lowest BCUT2D eigenvalue weighted by atomic mass is 9.82. The molecule has 2 rings (SSSR count). The number of halogens is 2. The normalized spacial score (nSPS) is 14.2. The van der Waals surface area contributed by atoms with Gasteiger partial charge >= 0.3 is 0 Å². The summed E-state index contributed by atoms with van der Waals surface area (Å²) in [4.78, 5) is 3.78. The maximum Gasteiger partial charge on any atom is 0.141 e. The molecule has 18 heavy (non-hydrogen) atoms. The fourth-order valence-electron chi connectivity index (χ4n) is 2.03. The third-order valence-electron chi connectivity index (χ3n) is 3.13. The van der Waals surface area contributed by atoms with Gasteiger partial charge in [0.15, 0.2) is 0 Å². The van der Waals surface area contributed by atoms with Gasteiger partial charge in [-0.15, -0.1) is 0 Å². The highest BCUT2D eigenvalue weighted by atomic mass is 19.1. The predicted molar refractivity (Wildman–Crippen MR) is 65.9 cm³/mol. The van der Waals surface area contributed by atoms with E-state index in [4.69, 9.17) is 5.73 Å². The Hall–Kier alpha value is -1.81. The van der Waals surface area contributed by atoms with E-state index in [2.05, 4.69) is 4.98 Å². The van der Waals surface area contributed by atoms with Crippen LogP contribution >= 0.6 is 0 Å². The van der Waals surface area contributed by atoms with Gasteiger partial charge < -0.3 is 5.73 Å². The van der Waals surface area contributed by atoms with Crippen LogP contribution in [0.25, 0.3) is 0 Å². The van der Waals surface area contributed by atoms with Gasteiger partial charge in [-0.05, 0) is 24.1 Å². The van der Waals surface area contributed by atoms with Crippen LogP contribution < -0.4 is 5.73 Å². The molecule has 0 spiro atoms. The van der Waals surface area contributed by atoms with Gasteiger partial charge in [0.25, 0.3) is 0 Å². The summed E-state index contributed by atoms with van der Waals surface area (Å²) in [6.45, 7) is 1.83. The standard InChI is InChI=1S/C14H14F2N2/c1-2-14(17,10-7-11(15)9-18-8-10)12-5-3-4-6-13(12)16/h3-9H,2,17H2,1H3. The summed E-state index contributed by atoms with van der Waals surface area (Å²) in [7, 11) is 0. The third kappa shape index (κ3) is 2.11. The number of hydrogen-bond acceptors (Lipinski definition) is 2. The molecule has 2 N–H and O–H groups in total. The van der Waals surface area contributed by atoms with Crippen molar-refractivity contribution in [3.63, 3.8) is 0 Å². The molecule has 1 aromatic carbocycles. The van der Waals surface area contributed by atoms with E-state index in [0.717, 1.165) is 6.20 Å². The molecule has 0 bridgehead atoms. The van der Waals surface area contributed by atoms with Crippen molar-refractivity contribution >= 4 is 0 Å². The van der Waals surface area contributed by atoms with Gasteiger partial charge in [0.2, 0.25) is 0 Å². The molecule has 0 aliphatic carbocycles. The number of pyridine rings is 1. The topological polar surface area (TPSA) is 38.9 Å². The first-order chi connectivity index (χ1) is 8.58. The van der Waals surface area contributed by atoms with Crippen LogP contribution in [0.15, 0.2) is 42.7 Å². The van der Waals surface area contributed by atoms with Gasteiger partial charge in [-0.3, -0.25) is 4.98 Å². The zero-order valence-electron chi connectivity index (χ0n) is 10.0. The minimum atomic E-state index is -1.07. The first-order valence-electron chi connectivity index (χ1n) is 5.73. The van der Waals surface area contributed by atoms with Crippen molar-refractivity contribution in [3.05, 3.63) is 65.5 Å². The van der Waals surface area contributed by atoms with Crippen molar-refractivity contribution in [2.24, 2.45) is 5.73 Å². The van der Waals surface area contributed by atoms with E-state index in [1.54, 1.807) is 18.2 Å². The number of hydrogen-bond donors (Lipinski definition) is 1. The molecule has 2 nitrogen and oxygen atoms in total. The minimum absolute atomic E-state index is 0.347. The molecule has 0 saturated heterocycles. The van der Waals surface area contributed by atoms with Crippen molar-refractivity contribution in [1.29, 1.82) is 0 Å². The molecule has 94 valence electrons. The zero-order chi connectivity index (χ0) is 13.2. The smallest absolute Gasteiger partial charge is 0.141 e. The highest BCUT2D eigenvalue weighted by Crippen LogP contribution is 2.31. The molecule has 0 fully saturated rings. The molecule has 2 aromatic rings. The first-order valence-corrected chi connectivity index (χ1v) is 5.73. The lowest BCUT2D eigenvalue weighted by Gasteiger charge is -2.29. The van der Waals surface area contributed by atoms with Crippen molar-refractivity contribution < 1.29 is 8.78 Å². The zero-order valence-corrected chi connectivity index (χ0v) is 10.0. The fourth-order valence-corrected chi connectivity index (χ4v) is 2.03. The molecule has 1 heterocycles. The van der Waals surface area contributed by atoms with Crippen molar-refractivity contribution in [1.82, 2.24) is 4.98 Å². The number of rotatable bonds is 3. The highest BCUT2D eigenvalue weighted by molar-refractivity contribution is 5.37. The molecule has 4 heteroatoms. The monoisotopic (exact) mass is 248 g/mol. The average Bonchev–Trinajstić information content (AvgIpc) is 2.38. The second-order valence-electron chi connectivity index (χ2n) is 4.20. The maximum atomic E-state index is 13.9. The summed E-state index contributed by atoms with van der Waals surface area (Å²) in [5.74, 6) is -0.877. The number of nitrogens with zero attached hydrogens (tertiary/aromatic N) is 1. The van der Waals surface area contributed by atoms with E-state index in [1.807, 2.05) is 6.92 Å². The molecule has 0 aliphatic rings. The molecule has 1 atom stereocenters. The highest BCUT2D eigenvalue weighted by Gasteiger charge is 2.30. The summed E-state index contributed by atoms with van der Waals surface area (Å²) in [5, 5.41) is 0. The molecule has 1 unspecified atom stereocenters. The van der Waals surface area contributed by atoms with Gasteiger partial charge in [0, 0.05) is 11.8 Å². The SMILES string of the molecule is CCC(N)(c1cncc(F)c1)c1ccccc1F. The molecule has 1 aromatic heterocycles. The molecule has 0 aliphatic heterocycles. The first kappa shape index (κ1) is 12.6. The largest absolute Gasteiger partial charge is 0.318 e. The Morgan fingerprint density at radius 2 is 1.94 bits per heavy atom. The van der Waals surface area contributed by atoms with Gasteiger partial charge in [0.05, 0.1) is 11.7 Å². The van der Waals surface area contributed by atoms with Crippen molar-refractivity contribution in [3.8, 4) is 0 Å². The van der Waals surface area contributed by atoms with E-state index in [9.17, 15) is 8.78 Å². The number of nitrogens with two attached hydrogens (primary N) is 1. The van der Waals surface area contributed by atoms with Gasteiger partial charge in [-0.2, -0.15) is 0 Å². The molecule has 0 radical (unpaired) electrons. The van der Waals surface area contributed by atoms with Crippen LogP contribution in [0.5, 0.6) is 0 Å². The molecular weight excluding hydrogens is 234 g/mol. The van der Waals surface area contributed by atoms with E-state index in [-0.39, 0.29) is 0 Å². The Morgan fingerprint density at radius 3 is 2.56 bits per heavy atom. The Labute approximate surface area is 104 Å². The quantitative estimate of drug-likeness (QED) is 0.907. The third-order valence-corrected chi connectivity index (χ3v) is 3.13. The molecular formula is C14H14F2N2. The summed E-state index contributed by atoms with van der Waals surface area (Å²) >= 11 is 0. The second kappa shape index (κ2) is 4.82. The summed E-state index contributed by atoms with van der Waals surface area (Å²) < 4.78 is 27.1. The number of benzene rings is 1. The summed E-state index contributed by atoms with van der Waals surface area (Å²) in [5.41, 5.74) is 6.01. The maximum absolute atomic E-state index is 13.9. The van der Waals surface area contributed by atoms with Gasteiger partial charge in [-0.1, -0.05) is 25.1 Å². The van der Waals surface area contributed by atoms with Gasteiger partial charge in [0.1, 0.15) is 11.6 Å². The van der Waals surface area contributed by atoms with E-state index in [1.165, 1.54) is 18.3 Å². The second-order valence-corrected chi connectivity index (χ2v) is 4.20. The summed E-state index contributed by atoms with van der Waals surface area (Å²) in [6.07, 6.45) is 3.01. The fraction of sp³-hybridized carbons (Fsp3) is 0.214. The van der Waals surface area contributed by atoms with E-state index in [0.29, 0.717) is 17.5 Å². The van der Waals surface area contributed by atoms with Crippen molar-refractivity contribution in [2.45, 2.75) is 18.9 Å². The lowest BCUT2D eigenvalue weighted by Crippen LogP contribution is -2.38. The summed E-state index contributed by atoms with van der Waals surface area (Å²) in [6, 6.07) is 7.56. The Bertz CT molecular complexity index is 557. The minimum Gasteiger partial charge on any atom is -0.318 e. The van der Waals surface area contributed by atoms with E-state index < -0.39 is 17.2 Å². The number of aromatic nitrogens is 1. The van der Waals surface area contributed by atoms with Gasteiger partial charge in [-0.25, -0.2) is 8.78 Å². The van der Waals surface area contributed by atoms with Crippen LogP contribution in [0, 0.1) is 11.6 Å². The molecule has 0 saturated carbocycles. The van der Waals surface area contributed by atoms with Crippen molar-refractivity contribution in [2.75, 3.05) is 0 Å². The average molecular weight is 248 g/mol. The Kier molecular flexibility index (Phi) is 3.39. The van der Waals surface area contributed by atoms with Crippen LogP contribution in [-0.4, -0.2) is 4.98 Å².